The van der Waals surface area contributed by atoms with Crippen LogP contribution in [0.4, 0.5) is 37.7 Å². The van der Waals surface area contributed by atoms with Crippen LogP contribution in [-0.2, 0) is 61.1 Å². The molecule has 7 heterocycles. The van der Waals surface area contributed by atoms with Crippen LogP contribution in [0.15, 0.2) is 238 Å². The van der Waals surface area contributed by atoms with Crippen LogP contribution in [0.3, 0.4) is 0 Å². The number of nitro benzene ring substituents is 2. The number of rotatable bonds is 22. The average Bonchev–Trinajstić information content (AvgIpc) is 0.860. The Balaban J connectivity index is 0.000000198. The van der Waals surface area contributed by atoms with Gasteiger partial charge in [-0.25, -0.2) is 26.3 Å². The molecule has 0 spiro atoms. The summed E-state index contributed by atoms with van der Waals surface area (Å²) in [5, 5.41) is 38.1. The number of carboxylic acid groups (broad SMARTS) is 1. The lowest BCUT2D eigenvalue weighted by molar-refractivity contribution is -0.385. The number of primary amides is 2. The molecular formula is C113H118BrF6N13O14. The van der Waals surface area contributed by atoms with Gasteiger partial charge < -0.3 is 66.2 Å². The van der Waals surface area contributed by atoms with E-state index >= 15 is 0 Å². The molecule has 0 bridgehead atoms. The van der Waals surface area contributed by atoms with Gasteiger partial charge in [0.15, 0.2) is 0 Å². The number of benzene rings is 10. The number of alkyl halides is 1. The number of pyridine rings is 2. The summed E-state index contributed by atoms with van der Waals surface area (Å²) in [5.74, 6) is -7.83. The molecule has 768 valence electrons. The number of esters is 2. The summed E-state index contributed by atoms with van der Waals surface area (Å²) in [4.78, 5) is 103. The Morgan fingerprint density at radius 3 is 1.32 bits per heavy atom. The van der Waals surface area contributed by atoms with E-state index in [1.807, 2.05) is 137 Å². The molecular weight excluding hydrogens is 1960 g/mol. The molecule has 0 unspecified atom stereocenters. The van der Waals surface area contributed by atoms with Crippen LogP contribution >= 0.6 is 15.9 Å². The predicted octanol–water partition coefficient (Wildman–Crippen LogP) is 22.5. The standard InChI is InChI=1S/C32H27F3N4O2.C20H16F3N3O.C14H18N2O2.C13H15NO2.C12H13NO2.C10H11N.C9H11NO2.C3H5BrO2.H2O/c1-18-10-22-7-9-39(29(22)11-19(18)2)17-30(40)38-28(14-20-12-23(33)16-24(34)13-20)31-25(4-3-8-37-31)21-5-6-27(35)26(15-21)32(36)41;21-13-6-11(7-14(22)10-13)8-18(24)19-15(2-1-5-26-19)12-3-4-17(23)16(9-12)20(25)27;1-11-9-13(5-8-15-6-3-4-7-15)14(16(17)18)10-12(11)2;1-9-6-11-4-5-14(8-13(15)16-3)12(11)7-10(9)2;1-8-5-10-3-4-13(7-12(14)15)11(10)6-9(8)2;1-7-5-9-3-4-11-10(9)6-8(7)2;1-6-4-8(3)9(10(11)12)5-7(6)2;1-6-3(5)2-4;/h3-13,15-16,28H,14,17H2,1-2H3,(H2,36,41)(H,38,40);1-7,9-10,18H,8,24H2,(H2,25,27);5,8-10H,3-4,6-7H2,1-2H3;4-7H,8H2,1-3H3;3-6H,7H2,1-2H3,(H,14,15);3-6,11H,1-2H3;4-5H,1-3H3;2H2,1H3;1H2/b;;8-5+;;;;;;/t28-;18-;;;;;;;/m00......./s1. The number of H-pyrrole nitrogens is 1. The number of nitrogens with one attached hydrogen (secondary N) is 2. The molecule has 0 saturated carbocycles. The van der Waals surface area contributed by atoms with Crippen LogP contribution in [0, 0.1) is 145 Å². The highest BCUT2D eigenvalue weighted by atomic mass is 79.9. The van der Waals surface area contributed by atoms with Crippen molar-refractivity contribution in [3.8, 4) is 22.3 Å². The molecule has 3 amide bonds. The molecule has 1 saturated heterocycles. The van der Waals surface area contributed by atoms with E-state index in [2.05, 4.69) is 128 Å². The van der Waals surface area contributed by atoms with Gasteiger partial charge in [-0.05, 0) is 384 Å². The Morgan fingerprint density at radius 2 is 0.878 bits per heavy atom. The highest BCUT2D eigenvalue weighted by Gasteiger charge is 2.26. The first-order valence-electron chi connectivity index (χ1n) is 46.4. The maximum atomic E-state index is 14.2. The fourth-order valence-corrected chi connectivity index (χ4v) is 16.4. The second-order valence-corrected chi connectivity index (χ2v) is 36.0. The molecule has 147 heavy (non-hydrogen) atoms. The number of aryl methyl sites for hydroxylation is 13. The van der Waals surface area contributed by atoms with Crippen molar-refractivity contribution in [2.45, 2.75) is 147 Å². The third kappa shape index (κ3) is 31.7. The lowest BCUT2D eigenvalue weighted by atomic mass is 9.94. The number of hydrogen-bond acceptors (Lipinski definition) is 16. The van der Waals surface area contributed by atoms with Gasteiger partial charge >= 0.3 is 17.9 Å². The Hall–Kier alpha value is -16.2. The van der Waals surface area contributed by atoms with Crippen LogP contribution < -0.4 is 22.5 Å². The number of nitrogens with two attached hydrogens (primary N) is 3. The molecule has 1 aliphatic heterocycles. The monoisotopic (exact) mass is 2070 g/mol. The zero-order valence-electron chi connectivity index (χ0n) is 84.1. The number of fused-ring (bicyclic) bond motifs is 4. The van der Waals surface area contributed by atoms with Crippen LogP contribution in [0.5, 0.6) is 0 Å². The maximum Gasteiger partial charge on any atom is 0.325 e. The number of carbonyl (C=O) groups excluding carboxylic acids is 5. The Labute approximate surface area is 855 Å². The quantitative estimate of drug-likeness (QED) is 0.0121. The number of carboxylic acids is 1. The smallest absolute Gasteiger partial charge is 0.325 e. The lowest BCUT2D eigenvalue weighted by Gasteiger charge is -2.22. The number of aliphatic carboxylic acids is 1. The first kappa shape index (κ1) is 114. The molecule has 16 aromatic rings. The largest absolute Gasteiger partial charge is 0.480 e. The lowest BCUT2D eigenvalue weighted by Crippen LogP contribution is -2.33. The third-order valence-electron chi connectivity index (χ3n) is 24.8. The van der Waals surface area contributed by atoms with Gasteiger partial charge in [0.1, 0.15) is 59.9 Å². The molecule has 0 aliphatic carbocycles. The molecule has 17 rings (SSSR count). The fraction of sp³-hybridized carbons (Fsp3) is 0.239. The van der Waals surface area contributed by atoms with Crippen LogP contribution in [0.2, 0.25) is 0 Å². The minimum atomic E-state index is -0.931. The molecule has 0 radical (unpaired) electrons. The number of aromatic nitrogens is 6. The third-order valence-corrected chi connectivity index (χ3v) is 25.2. The van der Waals surface area contributed by atoms with Gasteiger partial charge in [-0.3, -0.25) is 59.0 Å². The maximum absolute atomic E-state index is 14.2. The van der Waals surface area contributed by atoms with Gasteiger partial charge in [-0.2, -0.15) is 0 Å². The SMILES string of the molecule is COC(=O)CBr.COC(=O)Cn1ccc2cc(C)c(C)cc21.Cc1cc(/C=C/N2CCCC2)c([N+](=O)[O-])cc1C.Cc1cc(C)c([N+](=O)[O-])cc1C.Cc1cc2cc[nH]c2cc1C.Cc1cc2ccn(CC(=O)N[C@@H](Cc3cc(F)cc(F)c3)c3ncccc3-c3ccc(F)c(C(N)=O)c3)c2cc1C.Cc1cc2ccn(CC(=O)O)c2cc1C.NC(=O)c1cc(-c2cccnc2[C@@H](N)Cc2cc(F)cc(F)c2)ccc1F.O. The molecule has 27 nitrogen and oxygen atoms in total. The van der Waals surface area contributed by atoms with Gasteiger partial charge in [0, 0.05) is 113 Å². The fourth-order valence-electron chi connectivity index (χ4n) is 16.2. The summed E-state index contributed by atoms with van der Waals surface area (Å²) < 4.78 is 97.3. The van der Waals surface area contributed by atoms with Gasteiger partial charge in [0.25, 0.3) is 23.2 Å². The number of hydrogen-bond donors (Lipinski definition) is 6. The number of aromatic amines is 1. The summed E-state index contributed by atoms with van der Waals surface area (Å²) >= 11 is 2.90. The average molecular weight is 2080 g/mol. The highest BCUT2D eigenvalue weighted by Crippen LogP contribution is 2.35. The second-order valence-electron chi connectivity index (χ2n) is 35.5. The van der Waals surface area contributed by atoms with Crippen LogP contribution in [-0.4, -0.2) is 122 Å². The van der Waals surface area contributed by atoms with E-state index in [0.717, 1.165) is 109 Å². The summed E-state index contributed by atoms with van der Waals surface area (Å²) in [6.45, 7) is 28.4. The van der Waals surface area contributed by atoms with E-state index in [9.17, 15) is 75.3 Å². The van der Waals surface area contributed by atoms with Crippen molar-refractivity contribution in [2.24, 2.45) is 17.2 Å². The Morgan fingerprint density at radius 1 is 0.476 bits per heavy atom. The number of nitrogens with zero attached hydrogens (tertiary/aromatic N) is 8. The van der Waals surface area contributed by atoms with Gasteiger partial charge in [0.05, 0.1) is 64.2 Å². The number of methoxy groups -OCH3 is 2. The summed E-state index contributed by atoms with van der Waals surface area (Å²) in [7, 11) is 2.76. The minimum absolute atomic E-state index is 0. The second kappa shape index (κ2) is 52.9. The van der Waals surface area contributed by atoms with Crippen molar-refractivity contribution in [3.63, 3.8) is 0 Å². The first-order chi connectivity index (χ1) is 69.3. The van der Waals surface area contributed by atoms with Crippen molar-refractivity contribution in [2.75, 3.05) is 32.6 Å². The summed E-state index contributed by atoms with van der Waals surface area (Å²) in [6, 6.07) is 51.3. The van der Waals surface area contributed by atoms with Crippen molar-refractivity contribution in [1.29, 1.82) is 0 Å². The molecule has 6 aromatic heterocycles. The number of carbonyl (C=O) groups is 6. The van der Waals surface area contributed by atoms with Crippen molar-refractivity contribution in [1.82, 2.24) is 38.9 Å². The van der Waals surface area contributed by atoms with E-state index in [-0.39, 0.29) is 93.5 Å². The predicted molar refractivity (Wildman–Crippen MR) is 565 cm³/mol. The molecule has 2 atom stereocenters. The van der Waals surface area contributed by atoms with Crippen molar-refractivity contribution >= 4 is 113 Å². The highest BCUT2D eigenvalue weighted by molar-refractivity contribution is 9.09. The van der Waals surface area contributed by atoms with Gasteiger partial charge in [-0.15, -0.1) is 0 Å². The zero-order chi connectivity index (χ0) is 107. The number of likely N-dealkylation sites (tertiary alicyclic amines) is 1. The molecule has 11 N–H and O–H groups in total. The Bertz CT molecular complexity index is 7460. The normalized spacial score (nSPS) is 11.6. The van der Waals surface area contributed by atoms with E-state index < -0.39 is 64.8 Å². The molecule has 1 aliphatic rings. The minimum Gasteiger partial charge on any atom is -0.480 e. The first-order valence-corrected chi connectivity index (χ1v) is 47.5. The number of halogens is 7. The molecule has 1 fully saturated rings. The summed E-state index contributed by atoms with van der Waals surface area (Å²) in [6.07, 6.45) is 17.0. The topological polar surface area (TPSA) is 409 Å². The van der Waals surface area contributed by atoms with E-state index in [1.165, 1.54) is 132 Å². The van der Waals surface area contributed by atoms with Gasteiger partial charge in [0.2, 0.25) is 5.91 Å². The van der Waals surface area contributed by atoms with Gasteiger partial charge in [-0.1, -0.05) is 40.2 Å². The molecule has 34 heteroatoms. The Kier molecular flexibility index (Phi) is 41.1. The van der Waals surface area contributed by atoms with Crippen molar-refractivity contribution in [3.05, 3.63) is 404 Å². The van der Waals surface area contributed by atoms with E-state index in [4.69, 9.17) is 22.3 Å². The van der Waals surface area contributed by atoms with E-state index in [1.54, 1.807) is 47.9 Å². The number of amides is 3. The molecule has 10 aromatic carbocycles. The number of nitro groups is 2. The summed E-state index contributed by atoms with van der Waals surface area (Å²) in [5.41, 5.74) is 39.7. The zero-order valence-corrected chi connectivity index (χ0v) is 85.7. The van der Waals surface area contributed by atoms with Crippen LogP contribution in [0.25, 0.3) is 71.9 Å². The van der Waals surface area contributed by atoms with Crippen LogP contribution in [0.1, 0.15) is 146 Å². The van der Waals surface area contributed by atoms with Crippen molar-refractivity contribution < 1.29 is 85.0 Å². The number of ether oxygens (including phenoxy) is 2. The van der Waals surface area contributed by atoms with E-state index in [0.29, 0.717) is 50.3 Å².